The fraction of sp³-hybridized carbons (Fsp3) is 0.400. The summed E-state index contributed by atoms with van der Waals surface area (Å²) in [5, 5.41) is 18.5. The van der Waals surface area contributed by atoms with E-state index in [4.69, 9.17) is 0 Å². The summed E-state index contributed by atoms with van der Waals surface area (Å²) in [4.78, 5) is 0. The van der Waals surface area contributed by atoms with E-state index in [1.807, 2.05) is 0 Å². The number of rotatable bonds is 3. The first-order valence-electron chi connectivity index (χ1n) is 4.62. The SMILES string of the molecule is COc1cc(O)c(CC(F)(F)C(F)(F)F)cc1O. The first-order valence-corrected chi connectivity index (χ1v) is 4.62. The molecule has 18 heavy (non-hydrogen) atoms. The molecule has 0 atom stereocenters. The molecule has 102 valence electrons. The highest BCUT2D eigenvalue weighted by molar-refractivity contribution is 5.49. The van der Waals surface area contributed by atoms with E-state index in [1.165, 1.54) is 0 Å². The molecule has 2 N–H and O–H groups in total. The Labute approximate surface area is 98.4 Å². The Morgan fingerprint density at radius 3 is 2.06 bits per heavy atom. The fourth-order valence-corrected chi connectivity index (χ4v) is 1.25. The lowest BCUT2D eigenvalue weighted by atomic mass is 10.0. The lowest BCUT2D eigenvalue weighted by molar-refractivity contribution is -0.281. The van der Waals surface area contributed by atoms with Gasteiger partial charge in [-0.2, -0.15) is 22.0 Å². The van der Waals surface area contributed by atoms with Crippen molar-refractivity contribution in [3.8, 4) is 17.2 Å². The van der Waals surface area contributed by atoms with Gasteiger partial charge in [0, 0.05) is 18.1 Å². The summed E-state index contributed by atoms with van der Waals surface area (Å²) >= 11 is 0. The molecule has 0 saturated carbocycles. The molecule has 0 unspecified atom stereocenters. The molecule has 0 heterocycles. The first-order chi connectivity index (χ1) is 8.08. The van der Waals surface area contributed by atoms with E-state index in [0.717, 1.165) is 13.2 Å². The van der Waals surface area contributed by atoms with E-state index in [2.05, 4.69) is 4.74 Å². The van der Waals surface area contributed by atoms with Gasteiger partial charge in [0.05, 0.1) is 7.11 Å². The number of phenols is 2. The molecular weight excluding hydrogens is 263 g/mol. The Morgan fingerprint density at radius 2 is 1.61 bits per heavy atom. The van der Waals surface area contributed by atoms with Crippen LogP contribution in [0.15, 0.2) is 12.1 Å². The second-order valence-electron chi connectivity index (χ2n) is 3.53. The Bertz CT molecular complexity index is 442. The fourth-order valence-electron chi connectivity index (χ4n) is 1.25. The second-order valence-corrected chi connectivity index (χ2v) is 3.53. The summed E-state index contributed by atoms with van der Waals surface area (Å²) in [6, 6.07) is 1.37. The van der Waals surface area contributed by atoms with Crippen LogP contribution >= 0.6 is 0 Å². The van der Waals surface area contributed by atoms with Crippen molar-refractivity contribution < 1.29 is 36.9 Å². The molecule has 0 aliphatic heterocycles. The van der Waals surface area contributed by atoms with Crippen LogP contribution in [-0.2, 0) is 6.42 Å². The minimum absolute atomic E-state index is 0.230. The standard InChI is InChI=1S/C10H9F5O3/c1-18-8-3-6(16)5(2-7(8)17)4-9(11,12)10(13,14)15/h2-3,16-17H,4H2,1H3. The Balaban J connectivity index is 3.10. The summed E-state index contributed by atoms with van der Waals surface area (Å²) in [5.41, 5.74) is -0.726. The first kappa shape index (κ1) is 14.3. The maximum Gasteiger partial charge on any atom is 0.453 e. The van der Waals surface area contributed by atoms with Crippen LogP contribution in [0.2, 0.25) is 0 Å². The quantitative estimate of drug-likeness (QED) is 0.657. The molecule has 0 bridgehead atoms. The van der Waals surface area contributed by atoms with Crippen LogP contribution in [0.3, 0.4) is 0 Å². The number of methoxy groups -OCH3 is 1. The van der Waals surface area contributed by atoms with Crippen molar-refractivity contribution in [3.05, 3.63) is 17.7 Å². The minimum Gasteiger partial charge on any atom is -0.508 e. The lowest BCUT2D eigenvalue weighted by Gasteiger charge is -2.20. The highest BCUT2D eigenvalue weighted by Crippen LogP contribution is 2.41. The summed E-state index contributed by atoms with van der Waals surface area (Å²) in [5.74, 6) is -6.67. The zero-order valence-corrected chi connectivity index (χ0v) is 9.05. The monoisotopic (exact) mass is 272 g/mol. The van der Waals surface area contributed by atoms with Crippen molar-refractivity contribution in [3.63, 3.8) is 0 Å². The van der Waals surface area contributed by atoms with Crippen molar-refractivity contribution in [1.29, 1.82) is 0 Å². The van der Waals surface area contributed by atoms with E-state index in [9.17, 15) is 32.2 Å². The lowest BCUT2D eigenvalue weighted by Crippen LogP contribution is -2.38. The molecule has 1 rings (SSSR count). The van der Waals surface area contributed by atoms with Gasteiger partial charge in [0.1, 0.15) is 5.75 Å². The van der Waals surface area contributed by atoms with Gasteiger partial charge in [-0.05, 0) is 6.07 Å². The largest absolute Gasteiger partial charge is 0.508 e. The third-order valence-electron chi connectivity index (χ3n) is 2.21. The third-order valence-corrected chi connectivity index (χ3v) is 2.21. The average molecular weight is 272 g/mol. The van der Waals surface area contributed by atoms with Crippen molar-refractivity contribution >= 4 is 0 Å². The van der Waals surface area contributed by atoms with Crippen molar-refractivity contribution in [2.75, 3.05) is 7.11 Å². The van der Waals surface area contributed by atoms with Crippen LogP contribution in [0.5, 0.6) is 17.2 Å². The molecule has 3 nitrogen and oxygen atoms in total. The third kappa shape index (κ3) is 2.74. The number of benzene rings is 1. The zero-order valence-electron chi connectivity index (χ0n) is 9.05. The molecule has 0 saturated heterocycles. The number of halogens is 5. The van der Waals surface area contributed by atoms with Crippen LogP contribution in [0, 0.1) is 0 Å². The van der Waals surface area contributed by atoms with Gasteiger partial charge in [-0.15, -0.1) is 0 Å². The molecule has 0 fully saturated rings. The van der Waals surface area contributed by atoms with Gasteiger partial charge in [0.15, 0.2) is 11.5 Å². The van der Waals surface area contributed by atoms with E-state index in [0.29, 0.717) is 6.07 Å². The van der Waals surface area contributed by atoms with Crippen LogP contribution in [0.25, 0.3) is 0 Å². The normalized spacial score (nSPS) is 12.6. The number of alkyl halides is 5. The smallest absolute Gasteiger partial charge is 0.453 e. The molecule has 0 aromatic heterocycles. The van der Waals surface area contributed by atoms with E-state index in [1.54, 1.807) is 0 Å². The molecule has 0 spiro atoms. The van der Waals surface area contributed by atoms with Crippen molar-refractivity contribution in [2.24, 2.45) is 0 Å². The molecule has 0 radical (unpaired) electrons. The second kappa shape index (κ2) is 4.51. The van der Waals surface area contributed by atoms with Gasteiger partial charge in [0.25, 0.3) is 0 Å². The van der Waals surface area contributed by atoms with Crippen LogP contribution < -0.4 is 4.74 Å². The maximum absolute atomic E-state index is 12.8. The van der Waals surface area contributed by atoms with E-state index in [-0.39, 0.29) is 5.75 Å². The summed E-state index contributed by atoms with van der Waals surface area (Å²) in [6.07, 6.45) is -7.49. The van der Waals surface area contributed by atoms with Gasteiger partial charge in [-0.3, -0.25) is 0 Å². The summed E-state index contributed by atoms with van der Waals surface area (Å²) in [7, 11) is 1.14. The summed E-state index contributed by atoms with van der Waals surface area (Å²) < 4.78 is 66.0. The van der Waals surface area contributed by atoms with Crippen molar-refractivity contribution in [2.45, 2.75) is 18.5 Å². The maximum atomic E-state index is 12.8. The molecule has 0 aliphatic rings. The minimum atomic E-state index is -5.73. The number of aromatic hydroxyl groups is 2. The topological polar surface area (TPSA) is 49.7 Å². The van der Waals surface area contributed by atoms with Crippen LogP contribution in [0.4, 0.5) is 22.0 Å². The van der Waals surface area contributed by atoms with Gasteiger partial charge in [-0.25, -0.2) is 0 Å². The van der Waals surface area contributed by atoms with E-state index >= 15 is 0 Å². The van der Waals surface area contributed by atoms with Gasteiger partial charge in [0.2, 0.25) is 0 Å². The summed E-state index contributed by atoms with van der Waals surface area (Å²) in [6.45, 7) is 0. The predicted octanol–water partition coefficient (Wildman–Crippen LogP) is 2.85. The highest BCUT2D eigenvalue weighted by atomic mass is 19.4. The molecule has 1 aromatic carbocycles. The molecule has 0 amide bonds. The number of ether oxygens (including phenoxy) is 1. The van der Waals surface area contributed by atoms with Gasteiger partial charge in [-0.1, -0.05) is 0 Å². The van der Waals surface area contributed by atoms with Gasteiger partial charge >= 0.3 is 12.1 Å². The number of hydrogen-bond donors (Lipinski definition) is 2. The highest BCUT2D eigenvalue weighted by Gasteiger charge is 2.57. The molecule has 8 heteroatoms. The molecule has 1 aromatic rings. The Hall–Kier alpha value is -1.73. The Kier molecular flexibility index (Phi) is 3.59. The van der Waals surface area contributed by atoms with Gasteiger partial charge < -0.3 is 14.9 Å². The average Bonchev–Trinajstić information content (AvgIpc) is 2.21. The van der Waals surface area contributed by atoms with Crippen LogP contribution in [0.1, 0.15) is 5.56 Å². The van der Waals surface area contributed by atoms with Crippen molar-refractivity contribution in [1.82, 2.24) is 0 Å². The zero-order chi connectivity index (χ0) is 14.1. The van der Waals surface area contributed by atoms with Crippen LogP contribution in [-0.4, -0.2) is 29.4 Å². The number of phenolic OH excluding ortho intramolecular Hbond substituents is 2. The number of hydrogen-bond acceptors (Lipinski definition) is 3. The van der Waals surface area contributed by atoms with E-state index < -0.39 is 35.6 Å². The molecule has 0 aliphatic carbocycles. The predicted molar refractivity (Wildman–Crippen MR) is 51.0 cm³/mol. The molecular formula is C10H9F5O3. The Morgan fingerprint density at radius 1 is 1.06 bits per heavy atom.